The van der Waals surface area contributed by atoms with Crippen molar-refractivity contribution in [3.63, 3.8) is 0 Å². The fourth-order valence-electron chi connectivity index (χ4n) is 0.574. The maximum absolute atomic E-state index is 10.8. The van der Waals surface area contributed by atoms with Crippen LogP contribution in [0, 0.1) is 6.92 Å². The van der Waals surface area contributed by atoms with Gasteiger partial charge in [-0.25, -0.2) is 0 Å². The van der Waals surface area contributed by atoms with Crippen LogP contribution in [0.25, 0.3) is 0 Å². The highest BCUT2D eigenvalue weighted by atomic mass is 127. The Kier molecular flexibility index (Phi) is 1.90. The summed E-state index contributed by atoms with van der Waals surface area (Å²) in [5.41, 5.74) is 1.01. The van der Waals surface area contributed by atoms with Gasteiger partial charge in [0.15, 0.2) is 0 Å². The molecule has 0 aliphatic carbocycles. The van der Waals surface area contributed by atoms with Gasteiger partial charge >= 0.3 is 0 Å². The van der Waals surface area contributed by atoms with E-state index < -0.39 is 0 Å². The second-order valence-corrected chi connectivity index (χ2v) is 2.75. The van der Waals surface area contributed by atoms with E-state index in [1.807, 2.05) is 35.9 Å². The molecule has 1 aromatic heterocycles. The summed E-state index contributed by atoms with van der Waals surface area (Å²) in [6, 6.07) is 5.19. The van der Waals surface area contributed by atoms with Crippen molar-refractivity contribution in [3.05, 3.63) is 34.2 Å². The first-order valence-corrected chi connectivity index (χ1v) is 3.53. The fourth-order valence-corrected chi connectivity index (χ4v) is 0.896. The van der Waals surface area contributed by atoms with Crippen molar-refractivity contribution in [1.82, 2.24) is 2.78 Å². The summed E-state index contributed by atoms with van der Waals surface area (Å²) < 4.78 is 1.58. The molecule has 0 amide bonds. The maximum atomic E-state index is 10.8. The van der Waals surface area contributed by atoms with Gasteiger partial charge in [-0.05, 0) is 13.0 Å². The van der Waals surface area contributed by atoms with E-state index in [0.29, 0.717) is 0 Å². The summed E-state index contributed by atoms with van der Waals surface area (Å²) >= 11 is 1.97. The van der Waals surface area contributed by atoms with E-state index in [4.69, 9.17) is 0 Å². The van der Waals surface area contributed by atoms with Crippen molar-refractivity contribution in [2.45, 2.75) is 6.92 Å². The van der Waals surface area contributed by atoms with Crippen LogP contribution in [-0.2, 0) is 0 Å². The van der Waals surface area contributed by atoms with Crippen molar-refractivity contribution < 1.29 is 0 Å². The number of hydrogen-bond acceptors (Lipinski definition) is 1. The smallest absolute Gasteiger partial charge is 0.259 e. The van der Waals surface area contributed by atoms with Crippen LogP contribution in [0.3, 0.4) is 0 Å². The molecule has 0 aliphatic heterocycles. The maximum Gasteiger partial charge on any atom is 0.259 e. The number of nitrogens with zero attached hydrogens (tertiary/aromatic N) is 1. The third-order valence-corrected chi connectivity index (χ3v) is 2.32. The molecule has 0 unspecified atom stereocenters. The molecule has 0 saturated heterocycles. The van der Waals surface area contributed by atoms with Crippen molar-refractivity contribution in [2.75, 3.05) is 0 Å². The van der Waals surface area contributed by atoms with E-state index in [-0.39, 0.29) is 5.56 Å². The normalized spacial score (nSPS) is 9.56. The Morgan fingerprint density at radius 2 is 2.22 bits per heavy atom. The number of aryl methyl sites for hydroxylation is 1. The van der Waals surface area contributed by atoms with Gasteiger partial charge in [-0.1, -0.05) is 6.07 Å². The molecule has 0 radical (unpaired) electrons. The first-order chi connectivity index (χ1) is 4.22. The van der Waals surface area contributed by atoms with Crippen molar-refractivity contribution >= 4 is 22.9 Å². The molecule has 9 heavy (non-hydrogen) atoms. The Morgan fingerprint density at radius 3 is 2.67 bits per heavy atom. The van der Waals surface area contributed by atoms with Crippen molar-refractivity contribution in [2.24, 2.45) is 0 Å². The van der Waals surface area contributed by atoms with Crippen molar-refractivity contribution in [3.8, 4) is 0 Å². The Bertz CT molecular complexity index is 266. The fraction of sp³-hybridized carbons (Fsp3) is 0.167. The minimum Gasteiger partial charge on any atom is -0.269 e. The molecular weight excluding hydrogens is 229 g/mol. The number of pyridine rings is 1. The van der Waals surface area contributed by atoms with E-state index >= 15 is 0 Å². The average Bonchev–Trinajstić information content (AvgIpc) is 1.83. The zero-order chi connectivity index (χ0) is 6.85. The molecule has 1 aromatic rings. The second-order valence-electron chi connectivity index (χ2n) is 1.79. The Morgan fingerprint density at radius 1 is 1.56 bits per heavy atom. The van der Waals surface area contributed by atoms with Gasteiger partial charge in [0.2, 0.25) is 0 Å². The lowest BCUT2D eigenvalue weighted by atomic mass is 10.4. The summed E-state index contributed by atoms with van der Waals surface area (Å²) in [4.78, 5) is 10.8. The number of halogens is 1. The van der Waals surface area contributed by atoms with Gasteiger partial charge in [-0.3, -0.25) is 7.58 Å². The van der Waals surface area contributed by atoms with E-state index in [0.717, 1.165) is 5.69 Å². The zero-order valence-electron chi connectivity index (χ0n) is 4.97. The van der Waals surface area contributed by atoms with Crippen LogP contribution in [0.15, 0.2) is 23.0 Å². The van der Waals surface area contributed by atoms with Crippen LogP contribution >= 0.6 is 22.9 Å². The third kappa shape index (κ3) is 1.32. The lowest BCUT2D eigenvalue weighted by molar-refractivity contribution is 1.11. The van der Waals surface area contributed by atoms with Gasteiger partial charge < -0.3 is 0 Å². The SMILES string of the molecule is Cc1cccc(=O)n1I. The molecule has 48 valence electrons. The molecule has 0 aliphatic rings. The minimum absolute atomic E-state index is 0.0376. The lowest BCUT2D eigenvalue weighted by Gasteiger charge is -1.95. The number of rotatable bonds is 0. The summed E-state index contributed by atoms with van der Waals surface area (Å²) in [6.45, 7) is 1.90. The molecule has 0 N–H and O–H groups in total. The second kappa shape index (κ2) is 2.51. The van der Waals surface area contributed by atoms with Crippen LogP contribution in [0.1, 0.15) is 5.69 Å². The summed E-state index contributed by atoms with van der Waals surface area (Å²) in [7, 11) is 0. The van der Waals surface area contributed by atoms with Gasteiger partial charge in [0.05, 0.1) is 22.9 Å². The average molecular weight is 235 g/mol. The van der Waals surface area contributed by atoms with Crippen LogP contribution in [0.2, 0.25) is 0 Å². The predicted octanol–water partition coefficient (Wildman–Crippen LogP) is 1.35. The summed E-state index contributed by atoms with van der Waals surface area (Å²) in [5, 5.41) is 0. The first kappa shape index (κ1) is 6.80. The molecule has 2 nitrogen and oxygen atoms in total. The third-order valence-electron chi connectivity index (χ3n) is 1.08. The van der Waals surface area contributed by atoms with E-state index in [9.17, 15) is 4.79 Å². The highest BCUT2D eigenvalue weighted by Crippen LogP contribution is 1.95. The Labute approximate surface area is 67.0 Å². The molecule has 0 aromatic carbocycles. The quantitative estimate of drug-likeness (QED) is 0.622. The lowest BCUT2D eigenvalue weighted by Crippen LogP contribution is -2.11. The monoisotopic (exact) mass is 235 g/mol. The molecule has 0 bridgehead atoms. The predicted molar refractivity (Wildman–Crippen MR) is 44.9 cm³/mol. The highest BCUT2D eigenvalue weighted by molar-refractivity contribution is 14.1. The molecule has 0 saturated carbocycles. The van der Waals surface area contributed by atoms with Gasteiger partial charge in [0.25, 0.3) is 5.56 Å². The largest absolute Gasteiger partial charge is 0.269 e. The molecule has 0 spiro atoms. The molecule has 0 fully saturated rings. The van der Waals surface area contributed by atoms with E-state index in [2.05, 4.69) is 0 Å². The Balaban J connectivity index is 3.43. The van der Waals surface area contributed by atoms with Gasteiger partial charge in [-0.15, -0.1) is 0 Å². The summed E-state index contributed by atoms with van der Waals surface area (Å²) in [5.74, 6) is 0. The van der Waals surface area contributed by atoms with Gasteiger partial charge in [0.1, 0.15) is 0 Å². The standard InChI is InChI=1S/C6H6INO/c1-5-3-2-4-6(9)8(5)7/h2-4H,1H3. The zero-order valence-corrected chi connectivity index (χ0v) is 7.12. The first-order valence-electron chi connectivity index (χ1n) is 2.56. The van der Waals surface area contributed by atoms with Crippen LogP contribution < -0.4 is 5.56 Å². The van der Waals surface area contributed by atoms with Gasteiger partial charge in [0, 0.05) is 11.8 Å². The van der Waals surface area contributed by atoms with Crippen LogP contribution in [0.5, 0.6) is 0 Å². The molecule has 3 heteroatoms. The van der Waals surface area contributed by atoms with E-state index in [1.165, 1.54) is 0 Å². The van der Waals surface area contributed by atoms with Gasteiger partial charge in [-0.2, -0.15) is 0 Å². The molecule has 0 atom stereocenters. The minimum atomic E-state index is 0.0376. The number of hydrogen-bond donors (Lipinski definition) is 0. The number of aromatic nitrogens is 1. The molecular formula is C6H6INO. The van der Waals surface area contributed by atoms with Crippen LogP contribution in [0.4, 0.5) is 0 Å². The summed E-state index contributed by atoms with van der Waals surface area (Å²) in [6.07, 6.45) is 0. The van der Waals surface area contributed by atoms with Crippen LogP contribution in [-0.4, -0.2) is 2.78 Å². The van der Waals surface area contributed by atoms with E-state index in [1.54, 1.807) is 14.9 Å². The van der Waals surface area contributed by atoms with Crippen molar-refractivity contribution in [1.29, 1.82) is 0 Å². The topological polar surface area (TPSA) is 22.0 Å². The molecule has 1 rings (SSSR count). The highest BCUT2D eigenvalue weighted by Gasteiger charge is 1.90. The molecule has 1 heterocycles. The Hall–Kier alpha value is -0.320.